The molecule has 0 bridgehead atoms. The van der Waals surface area contributed by atoms with Gasteiger partial charge in [0, 0.05) is 44.0 Å². The van der Waals surface area contributed by atoms with Crippen LogP contribution in [-0.4, -0.2) is 229 Å². The summed E-state index contributed by atoms with van der Waals surface area (Å²) in [4.78, 5) is 104. The maximum atomic E-state index is 14.8. The number of ether oxygens (including phenoxy) is 1. The molecule has 0 radical (unpaired) electrons. The summed E-state index contributed by atoms with van der Waals surface area (Å²) in [6.45, 7) is 6.23. The number of likely N-dealkylation sites (N-methyl/N-ethyl adjacent to an activating group) is 1. The third-order valence-corrected chi connectivity index (χ3v) is 16.2. The fourth-order valence-electron chi connectivity index (χ4n) is 11.0. The molecule has 4 aromatic carbocycles. The number of benzene rings is 4. The smallest absolute Gasteiger partial charge is 0.251 e. The highest BCUT2D eigenvalue weighted by atomic mass is 16.5. The number of hydrogen-bond donors (Lipinski definition) is 14. The molecule has 4 aromatic rings. The zero-order valence-corrected chi connectivity index (χ0v) is 50.7. The molecular formula is C63H86N9O16+. The molecule has 7 rings (SSSR count). The number of fused-ring (bicyclic) bond motifs is 2. The topological polar surface area (TPSA) is 369 Å². The molecule has 3 aliphatic heterocycles. The first-order valence-electron chi connectivity index (χ1n) is 29.8. The summed E-state index contributed by atoms with van der Waals surface area (Å²) in [5, 5.41) is 106. The van der Waals surface area contributed by atoms with Crippen LogP contribution in [0.5, 0.6) is 11.5 Å². The van der Waals surface area contributed by atoms with Crippen molar-refractivity contribution in [3.63, 3.8) is 0 Å². The molecule has 15 unspecified atom stereocenters. The molecule has 88 heavy (non-hydrogen) atoms. The van der Waals surface area contributed by atoms with Crippen LogP contribution in [0.3, 0.4) is 0 Å². The van der Waals surface area contributed by atoms with Gasteiger partial charge in [-0.15, -0.1) is 0 Å². The minimum atomic E-state index is -2.28. The van der Waals surface area contributed by atoms with Gasteiger partial charge in [0.2, 0.25) is 35.4 Å². The lowest BCUT2D eigenvalue weighted by Gasteiger charge is -2.34. The van der Waals surface area contributed by atoms with Gasteiger partial charge in [0.1, 0.15) is 66.1 Å². The van der Waals surface area contributed by atoms with Gasteiger partial charge in [-0.25, -0.2) is 0 Å². The highest BCUT2D eigenvalue weighted by molar-refractivity contribution is 6.00. The summed E-state index contributed by atoms with van der Waals surface area (Å²) in [5.41, 5.74) is 3.52. The zero-order valence-electron chi connectivity index (χ0n) is 50.7. The van der Waals surface area contributed by atoms with Gasteiger partial charge in [0.05, 0.1) is 64.8 Å². The van der Waals surface area contributed by atoms with Gasteiger partial charge in [0.25, 0.3) is 5.91 Å². The van der Waals surface area contributed by atoms with Crippen molar-refractivity contribution in [2.45, 2.75) is 145 Å². The average molecular weight is 1230 g/mol. The molecule has 478 valence electrons. The van der Waals surface area contributed by atoms with Crippen LogP contribution in [0.2, 0.25) is 0 Å². The Bertz CT molecular complexity index is 3040. The van der Waals surface area contributed by atoms with Gasteiger partial charge in [-0.05, 0) is 84.5 Å². The lowest BCUT2D eigenvalue weighted by Crippen LogP contribution is -2.64. The predicted octanol–water partition coefficient (Wildman–Crippen LogP) is -0.624. The number of nitrogens with one attached hydrogen (secondary N) is 6. The van der Waals surface area contributed by atoms with E-state index in [0.29, 0.717) is 17.6 Å². The molecule has 25 heteroatoms. The summed E-state index contributed by atoms with van der Waals surface area (Å²) < 4.78 is 6.26. The van der Waals surface area contributed by atoms with Crippen LogP contribution >= 0.6 is 0 Å². The molecule has 0 aliphatic carbocycles. The molecular weight excluding hydrogens is 1140 g/mol. The maximum Gasteiger partial charge on any atom is 0.251 e. The molecule has 0 saturated carbocycles. The van der Waals surface area contributed by atoms with Gasteiger partial charge in [0.15, 0.2) is 0 Å². The highest BCUT2D eigenvalue weighted by Gasteiger charge is 2.50. The molecule has 3 aliphatic rings. The lowest BCUT2D eigenvalue weighted by molar-refractivity contribution is -0.869. The first kappa shape index (κ1) is 67.9. The number of aliphatic hydroxyl groups is 7. The first-order chi connectivity index (χ1) is 41.6. The number of phenolic OH excluding ortho intramolecular Hbond substituents is 1. The minimum absolute atomic E-state index is 0.0578. The Labute approximate surface area is 511 Å². The number of aliphatic hydroxyl groups excluding tert-OH is 7. The summed E-state index contributed by atoms with van der Waals surface area (Å²) in [6, 6.07) is 15.5. The summed E-state index contributed by atoms with van der Waals surface area (Å²) in [5.74, 6) is -8.06. The number of amides is 7. The highest BCUT2D eigenvalue weighted by Crippen LogP contribution is 2.30. The van der Waals surface area contributed by atoms with Gasteiger partial charge in [-0.2, -0.15) is 0 Å². The summed E-state index contributed by atoms with van der Waals surface area (Å²) in [7, 11) is 5.64. The predicted molar refractivity (Wildman–Crippen MR) is 322 cm³/mol. The SMILES string of the molecule is CCCCCOc1ccc(-c2ccc(-c3ccc(C(=O)NC4CC(O)C(NCC[N+](C)(C)C)NC(=O)C5C(O)C(C)CN5C(=O)C(C(C)O)NC(=O)C(C(O)C(O)c5ccc(O)cc5)NC(=O)C5CC(O)CN5C(=O)C(C(C)O)NC4=O)cc3)cc2)cc1. The van der Waals surface area contributed by atoms with Gasteiger partial charge in [-0.1, -0.05) is 87.4 Å². The third-order valence-electron chi connectivity index (χ3n) is 16.2. The number of aromatic hydroxyl groups is 1. The van der Waals surface area contributed by atoms with Crippen LogP contribution in [0.25, 0.3) is 22.3 Å². The van der Waals surface area contributed by atoms with Crippen LogP contribution in [0.15, 0.2) is 97.1 Å². The molecule has 25 nitrogen and oxygen atoms in total. The minimum Gasteiger partial charge on any atom is -0.508 e. The Hall–Kier alpha value is -7.59. The second-order valence-electron chi connectivity index (χ2n) is 24.3. The summed E-state index contributed by atoms with van der Waals surface area (Å²) in [6.07, 6.45) is -12.1. The van der Waals surface area contributed by atoms with Gasteiger partial charge in [-0.3, -0.25) is 38.9 Å². The second kappa shape index (κ2) is 30.1. The molecule has 15 atom stereocenters. The standard InChI is InChI=1S/C63H85N9O16/c1-8-9-10-29-88-45-25-21-40(22-26-45)38-13-11-37(12-14-38)39-15-17-42(18-16-39)57(81)65-46-31-48(77)56(64-27-28-72(5,6)7)69-61(85)52-53(78)34(2)32-71(52)63(87)50(36(4)74)67-60(84)51(55(80)54(79)41-19-23-43(75)24-20-41)68-59(83)47-30-44(76)33-70(47)62(86)49(35(3)73)66-58(46)82/h11-26,34-36,44,46-56,64,73-74,76-80H,8-10,27-33H2,1-7H3,(H5-,65,66,67,68,69,75,81,82,83,84,85)/p+1. The molecule has 3 saturated heterocycles. The third kappa shape index (κ3) is 17.2. The Morgan fingerprint density at radius 1 is 0.659 bits per heavy atom. The fourth-order valence-corrected chi connectivity index (χ4v) is 11.0. The molecule has 0 spiro atoms. The molecule has 3 heterocycles. The molecule has 7 amide bonds. The van der Waals surface area contributed by atoms with E-state index in [9.17, 15) is 74.4 Å². The Morgan fingerprint density at radius 2 is 1.19 bits per heavy atom. The number of quaternary nitrogens is 1. The van der Waals surface area contributed by atoms with Crippen molar-refractivity contribution >= 4 is 41.4 Å². The van der Waals surface area contributed by atoms with Crippen LogP contribution in [0.1, 0.15) is 81.8 Å². The van der Waals surface area contributed by atoms with Crippen molar-refractivity contribution in [1.82, 2.24) is 41.7 Å². The van der Waals surface area contributed by atoms with Crippen molar-refractivity contribution in [2.75, 3.05) is 53.9 Å². The molecule has 0 aromatic heterocycles. The number of unbranched alkanes of at least 4 members (excludes halogenated alkanes) is 2. The van der Waals surface area contributed by atoms with E-state index >= 15 is 0 Å². The molecule has 3 fully saturated rings. The van der Waals surface area contributed by atoms with E-state index in [1.807, 2.05) is 69.7 Å². The summed E-state index contributed by atoms with van der Waals surface area (Å²) >= 11 is 0. The van der Waals surface area contributed by atoms with Crippen molar-refractivity contribution in [3.8, 4) is 33.8 Å². The Balaban J connectivity index is 1.23. The van der Waals surface area contributed by atoms with Gasteiger partial charge >= 0.3 is 0 Å². The van der Waals surface area contributed by atoms with E-state index in [1.165, 1.54) is 43.3 Å². The van der Waals surface area contributed by atoms with Crippen LogP contribution in [-0.2, 0) is 28.8 Å². The second-order valence-corrected chi connectivity index (χ2v) is 24.3. The lowest BCUT2D eigenvalue weighted by atomic mass is 9.96. The fraction of sp³-hybridized carbons (Fsp3) is 0.508. The number of hydrogen-bond acceptors (Lipinski definition) is 17. The van der Waals surface area contributed by atoms with E-state index < -0.39 is 152 Å². The van der Waals surface area contributed by atoms with Crippen molar-refractivity contribution in [2.24, 2.45) is 5.92 Å². The van der Waals surface area contributed by atoms with Crippen LogP contribution < -0.4 is 36.6 Å². The van der Waals surface area contributed by atoms with Crippen LogP contribution in [0, 0.1) is 5.92 Å². The number of rotatable bonds is 18. The maximum absolute atomic E-state index is 14.8. The van der Waals surface area contributed by atoms with Crippen LogP contribution in [0.4, 0.5) is 0 Å². The Morgan fingerprint density at radius 3 is 1.75 bits per heavy atom. The van der Waals surface area contributed by atoms with E-state index in [-0.39, 0.29) is 30.0 Å². The largest absolute Gasteiger partial charge is 0.508 e. The Kier molecular flexibility index (Phi) is 23.2. The van der Waals surface area contributed by atoms with Crippen molar-refractivity contribution in [1.29, 1.82) is 0 Å². The van der Waals surface area contributed by atoms with E-state index in [4.69, 9.17) is 4.74 Å². The van der Waals surface area contributed by atoms with E-state index in [0.717, 1.165) is 70.9 Å². The molecule has 14 N–H and O–H groups in total. The number of carbonyl (C=O) groups is 7. The first-order valence-corrected chi connectivity index (χ1v) is 29.8. The van der Waals surface area contributed by atoms with E-state index in [2.05, 4.69) is 38.8 Å². The number of phenols is 1. The zero-order chi connectivity index (χ0) is 64.3. The van der Waals surface area contributed by atoms with E-state index in [1.54, 1.807) is 12.1 Å². The quantitative estimate of drug-likeness (QED) is 0.0436. The monoisotopic (exact) mass is 1220 g/mol. The van der Waals surface area contributed by atoms with Crippen molar-refractivity contribution < 1.29 is 83.6 Å². The van der Waals surface area contributed by atoms with Crippen molar-refractivity contribution in [3.05, 3.63) is 108 Å². The normalized spacial score (nSPS) is 26.7. The number of nitrogens with zero attached hydrogens (tertiary/aromatic N) is 3. The van der Waals surface area contributed by atoms with Gasteiger partial charge < -0.3 is 86.5 Å². The average Bonchev–Trinajstić information content (AvgIpc) is 2.08. The number of carbonyl (C=O) groups excluding carboxylic acids is 7.